The zero-order chi connectivity index (χ0) is 15.0. The van der Waals surface area contributed by atoms with Crippen LogP contribution in [0.25, 0.3) is 10.9 Å². The first-order valence-corrected chi connectivity index (χ1v) is 8.47. The molecule has 1 heterocycles. The number of hydrogen-bond acceptors (Lipinski definition) is 2. The van der Waals surface area contributed by atoms with Crippen LogP contribution in [0.3, 0.4) is 0 Å². The van der Waals surface area contributed by atoms with Crippen LogP contribution >= 0.6 is 27.5 Å². The summed E-state index contributed by atoms with van der Waals surface area (Å²) in [5.74, 6) is 0.780. The number of aliphatic imine (C=N–C) groups is 1. The molecule has 1 aromatic carbocycles. The third-order valence-corrected chi connectivity index (χ3v) is 5.60. The number of nitrogens with zero attached hydrogens (tertiary/aromatic N) is 1. The molecular formula is C16H18BrClN2O. The molecule has 1 saturated carbocycles. The maximum Gasteiger partial charge on any atom is 0.151 e. The van der Waals surface area contributed by atoms with Crippen LogP contribution < -0.4 is 0 Å². The molecule has 1 fully saturated rings. The van der Waals surface area contributed by atoms with Crippen LogP contribution in [0.1, 0.15) is 38.3 Å². The van der Waals surface area contributed by atoms with Gasteiger partial charge in [-0.25, -0.2) is 0 Å². The average molecular weight is 370 g/mol. The molecule has 1 aromatic heterocycles. The fraction of sp³-hybridized carbons (Fsp3) is 0.438. The maximum atomic E-state index is 10.4. The van der Waals surface area contributed by atoms with E-state index in [1.807, 2.05) is 12.1 Å². The van der Waals surface area contributed by atoms with Crippen molar-refractivity contribution in [2.75, 3.05) is 0 Å². The fourth-order valence-electron chi connectivity index (χ4n) is 3.01. The smallest absolute Gasteiger partial charge is 0.151 e. The third kappa shape index (κ3) is 2.84. The number of fused-ring (bicyclic) bond motifs is 1. The van der Waals surface area contributed by atoms with Gasteiger partial charge in [-0.2, -0.15) is 0 Å². The standard InChI is InChI=1S/C16H18BrClN2O/c1-9-4-2-3-5-11(9)19-8-13-16(21)14-12(20-13)7-6-10(17)15(14)18/h6-9,11,20-21H,2-5H2,1H3/t9-,11-/m0/s1. The number of benzene rings is 1. The molecule has 2 N–H and O–H groups in total. The molecule has 2 atom stereocenters. The molecule has 3 nitrogen and oxygen atoms in total. The minimum Gasteiger partial charge on any atom is -0.505 e. The van der Waals surface area contributed by atoms with Crippen molar-refractivity contribution in [3.63, 3.8) is 0 Å². The molecule has 0 bridgehead atoms. The summed E-state index contributed by atoms with van der Waals surface area (Å²) < 4.78 is 0.773. The number of aromatic hydroxyl groups is 1. The van der Waals surface area contributed by atoms with Crippen molar-refractivity contribution in [1.82, 2.24) is 4.98 Å². The lowest BCUT2D eigenvalue weighted by Crippen LogP contribution is -2.20. The van der Waals surface area contributed by atoms with Crippen LogP contribution in [0, 0.1) is 5.92 Å². The molecule has 0 spiro atoms. The normalized spacial score (nSPS) is 23.2. The molecule has 2 aromatic rings. The van der Waals surface area contributed by atoms with Gasteiger partial charge in [0, 0.05) is 10.7 Å². The lowest BCUT2D eigenvalue weighted by molar-refractivity contribution is 0.333. The number of aromatic amines is 1. The number of aromatic nitrogens is 1. The van der Waals surface area contributed by atoms with E-state index in [0.29, 0.717) is 28.1 Å². The van der Waals surface area contributed by atoms with Crippen molar-refractivity contribution in [2.45, 2.75) is 38.6 Å². The molecule has 3 rings (SSSR count). The van der Waals surface area contributed by atoms with Gasteiger partial charge in [0.1, 0.15) is 0 Å². The van der Waals surface area contributed by atoms with Gasteiger partial charge in [0.05, 0.1) is 27.7 Å². The van der Waals surface area contributed by atoms with E-state index >= 15 is 0 Å². The van der Waals surface area contributed by atoms with Crippen LogP contribution in [0.2, 0.25) is 5.02 Å². The Balaban J connectivity index is 1.94. The monoisotopic (exact) mass is 368 g/mol. The average Bonchev–Trinajstić information content (AvgIpc) is 2.79. The number of rotatable bonds is 2. The first-order valence-electron chi connectivity index (χ1n) is 7.29. The minimum absolute atomic E-state index is 0.170. The van der Waals surface area contributed by atoms with Gasteiger partial charge in [-0.1, -0.05) is 31.4 Å². The third-order valence-electron chi connectivity index (χ3n) is 4.32. The zero-order valence-corrected chi connectivity index (χ0v) is 14.2. The molecule has 112 valence electrons. The van der Waals surface area contributed by atoms with Gasteiger partial charge in [-0.05, 0) is 46.8 Å². The molecular weight excluding hydrogens is 352 g/mol. The Morgan fingerprint density at radius 1 is 1.38 bits per heavy atom. The van der Waals surface area contributed by atoms with Crippen LogP contribution in [0.5, 0.6) is 5.75 Å². The first kappa shape index (κ1) is 14.9. The molecule has 0 radical (unpaired) electrons. The van der Waals surface area contributed by atoms with Crippen LogP contribution in [-0.4, -0.2) is 22.3 Å². The zero-order valence-electron chi connectivity index (χ0n) is 11.9. The Morgan fingerprint density at radius 3 is 2.90 bits per heavy atom. The quantitative estimate of drug-likeness (QED) is 0.694. The van der Waals surface area contributed by atoms with Gasteiger partial charge in [0.15, 0.2) is 5.75 Å². The van der Waals surface area contributed by atoms with Gasteiger partial charge in [0.2, 0.25) is 0 Å². The van der Waals surface area contributed by atoms with E-state index in [9.17, 15) is 5.11 Å². The second-order valence-electron chi connectivity index (χ2n) is 5.78. The molecule has 1 aliphatic rings. The number of halogens is 2. The predicted molar refractivity (Wildman–Crippen MR) is 91.7 cm³/mol. The SMILES string of the molecule is C[C@H]1CCCC[C@@H]1N=Cc1[nH]c2ccc(Br)c(Cl)c2c1O. The number of H-pyrrole nitrogens is 1. The van der Waals surface area contributed by atoms with Crippen molar-refractivity contribution < 1.29 is 5.11 Å². The Morgan fingerprint density at radius 2 is 2.14 bits per heavy atom. The molecule has 0 saturated heterocycles. The van der Waals surface area contributed by atoms with Crippen molar-refractivity contribution >= 4 is 44.6 Å². The Labute approximate surface area is 137 Å². The lowest BCUT2D eigenvalue weighted by Gasteiger charge is -2.25. The van der Waals surface area contributed by atoms with E-state index in [1.54, 1.807) is 6.21 Å². The highest BCUT2D eigenvalue weighted by molar-refractivity contribution is 9.10. The largest absolute Gasteiger partial charge is 0.505 e. The van der Waals surface area contributed by atoms with Crippen molar-refractivity contribution in [1.29, 1.82) is 0 Å². The highest BCUT2D eigenvalue weighted by atomic mass is 79.9. The summed E-state index contributed by atoms with van der Waals surface area (Å²) in [6.07, 6.45) is 6.66. The Bertz CT molecular complexity index is 695. The van der Waals surface area contributed by atoms with Crippen LogP contribution in [-0.2, 0) is 0 Å². The topological polar surface area (TPSA) is 48.4 Å². The lowest BCUT2D eigenvalue weighted by atomic mass is 9.86. The van der Waals surface area contributed by atoms with E-state index in [2.05, 4.69) is 32.8 Å². The summed E-state index contributed by atoms with van der Waals surface area (Å²) >= 11 is 9.62. The second kappa shape index (κ2) is 6.01. The summed E-state index contributed by atoms with van der Waals surface area (Å²) in [7, 11) is 0. The van der Waals surface area contributed by atoms with E-state index in [-0.39, 0.29) is 5.75 Å². The Kier molecular flexibility index (Phi) is 4.27. The first-order chi connectivity index (χ1) is 10.1. The summed E-state index contributed by atoms with van der Waals surface area (Å²) in [4.78, 5) is 7.85. The fourth-order valence-corrected chi connectivity index (χ4v) is 3.59. The van der Waals surface area contributed by atoms with Crippen molar-refractivity contribution in [2.24, 2.45) is 10.9 Å². The highest BCUT2D eigenvalue weighted by Gasteiger charge is 2.20. The highest BCUT2D eigenvalue weighted by Crippen LogP contribution is 2.38. The van der Waals surface area contributed by atoms with E-state index in [4.69, 9.17) is 11.6 Å². The summed E-state index contributed by atoms with van der Waals surface area (Å²) in [6, 6.07) is 4.11. The summed E-state index contributed by atoms with van der Waals surface area (Å²) in [5.41, 5.74) is 1.45. The van der Waals surface area contributed by atoms with Crippen molar-refractivity contribution in [3.8, 4) is 5.75 Å². The van der Waals surface area contributed by atoms with Crippen LogP contribution in [0.15, 0.2) is 21.6 Å². The van der Waals surface area contributed by atoms with Gasteiger partial charge in [-0.15, -0.1) is 0 Å². The minimum atomic E-state index is 0.170. The second-order valence-corrected chi connectivity index (χ2v) is 7.01. The summed E-state index contributed by atoms with van der Waals surface area (Å²) in [5, 5.41) is 11.5. The maximum absolute atomic E-state index is 10.4. The van der Waals surface area contributed by atoms with Gasteiger partial charge in [-0.3, -0.25) is 4.99 Å². The van der Waals surface area contributed by atoms with Crippen molar-refractivity contribution in [3.05, 3.63) is 27.3 Å². The van der Waals surface area contributed by atoms with Gasteiger partial charge < -0.3 is 10.1 Å². The van der Waals surface area contributed by atoms with Crippen LogP contribution in [0.4, 0.5) is 0 Å². The molecule has 5 heteroatoms. The van der Waals surface area contributed by atoms with E-state index < -0.39 is 0 Å². The predicted octanol–water partition coefficient (Wildman–Crippen LogP) is 5.29. The van der Waals surface area contributed by atoms with Gasteiger partial charge in [0.25, 0.3) is 0 Å². The molecule has 0 unspecified atom stereocenters. The van der Waals surface area contributed by atoms with Gasteiger partial charge >= 0.3 is 0 Å². The number of nitrogens with one attached hydrogen (secondary N) is 1. The van der Waals surface area contributed by atoms with E-state index in [1.165, 1.54) is 19.3 Å². The molecule has 1 aliphatic carbocycles. The number of hydrogen-bond donors (Lipinski definition) is 2. The Hall–Kier alpha value is -1.00. The molecule has 21 heavy (non-hydrogen) atoms. The summed E-state index contributed by atoms with van der Waals surface area (Å²) in [6.45, 7) is 2.25. The van der Waals surface area contributed by atoms with E-state index in [0.717, 1.165) is 16.4 Å². The molecule has 0 amide bonds. The molecule has 0 aliphatic heterocycles.